The van der Waals surface area contributed by atoms with E-state index in [1.54, 1.807) is 4.68 Å². The van der Waals surface area contributed by atoms with Crippen molar-refractivity contribution in [2.24, 2.45) is 5.73 Å². The highest BCUT2D eigenvalue weighted by Gasteiger charge is 2.08. The molecule has 0 amide bonds. The van der Waals surface area contributed by atoms with Crippen molar-refractivity contribution in [1.29, 1.82) is 0 Å². The van der Waals surface area contributed by atoms with Gasteiger partial charge in [0.25, 0.3) is 0 Å². The molecule has 0 unspecified atom stereocenters. The summed E-state index contributed by atoms with van der Waals surface area (Å²) in [5, 5.41) is 5.72. The first-order valence-electron chi connectivity index (χ1n) is 5.85. The molecule has 5 heteroatoms. The van der Waals surface area contributed by atoms with Crippen LogP contribution in [0.3, 0.4) is 0 Å². The second kappa shape index (κ2) is 6.23. The van der Waals surface area contributed by atoms with Crippen LogP contribution in [0.5, 0.6) is 0 Å². The molecular weight excluding hydrogens is 269 g/mol. The first-order valence-corrected chi connectivity index (χ1v) is 6.61. The van der Waals surface area contributed by atoms with Gasteiger partial charge in [-0.2, -0.15) is 5.10 Å². The van der Waals surface area contributed by atoms with Gasteiger partial charge in [0.1, 0.15) is 5.15 Å². The molecule has 2 N–H and O–H groups in total. The number of hydrogen-bond acceptors (Lipinski definition) is 2. The van der Waals surface area contributed by atoms with Crippen LogP contribution in [0, 0.1) is 0 Å². The Morgan fingerprint density at radius 1 is 1.17 bits per heavy atom. The van der Waals surface area contributed by atoms with Crippen LogP contribution in [-0.4, -0.2) is 16.3 Å². The third kappa shape index (κ3) is 3.25. The monoisotopic (exact) mass is 283 g/mol. The molecule has 0 atom stereocenters. The standard InChI is InChI=1S/C13H15Cl2N3/c14-12-5-3-10(4-6-12)9-18-13(15)11(8-17-18)2-1-7-16/h3-6,8H,1-2,7,9,16H2. The van der Waals surface area contributed by atoms with E-state index in [-0.39, 0.29) is 0 Å². The number of rotatable bonds is 5. The van der Waals surface area contributed by atoms with Crippen LogP contribution in [0.4, 0.5) is 0 Å². The van der Waals surface area contributed by atoms with Crippen molar-refractivity contribution in [3.05, 3.63) is 51.8 Å². The minimum Gasteiger partial charge on any atom is -0.330 e. The van der Waals surface area contributed by atoms with Crippen LogP contribution in [-0.2, 0) is 13.0 Å². The van der Waals surface area contributed by atoms with Gasteiger partial charge in [0.05, 0.1) is 12.7 Å². The summed E-state index contributed by atoms with van der Waals surface area (Å²) in [7, 11) is 0. The third-order valence-electron chi connectivity index (χ3n) is 2.74. The smallest absolute Gasteiger partial charge is 0.130 e. The summed E-state index contributed by atoms with van der Waals surface area (Å²) >= 11 is 12.1. The van der Waals surface area contributed by atoms with Gasteiger partial charge in [0, 0.05) is 10.6 Å². The molecule has 3 nitrogen and oxygen atoms in total. The van der Waals surface area contributed by atoms with Gasteiger partial charge in [0.15, 0.2) is 0 Å². The summed E-state index contributed by atoms with van der Waals surface area (Å²) in [5.41, 5.74) is 7.66. The van der Waals surface area contributed by atoms with Crippen LogP contribution in [0.15, 0.2) is 30.5 Å². The van der Waals surface area contributed by atoms with E-state index < -0.39 is 0 Å². The van der Waals surface area contributed by atoms with Crippen molar-refractivity contribution >= 4 is 23.2 Å². The molecule has 0 bridgehead atoms. The van der Waals surface area contributed by atoms with E-state index in [1.807, 2.05) is 30.5 Å². The van der Waals surface area contributed by atoms with E-state index in [4.69, 9.17) is 28.9 Å². The number of nitrogens with zero attached hydrogens (tertiary/aromatic N) is 2. The minimum atomic E-state index is 0.651. The predicted molar refractivity (Wildman–Crippen MR) is 75.2 cm³/mol. The van der Waals surface area contributed by atoms with E-state index >= 15 is 0 Å². The fourth-order valence-electron chi connectivity index (χ4n) is 1.74. The van der Waals surface area contributed by atoms with E-state index in [1.165, 1.54) is 0 Å². The van der Waals surface area contributed by atoms with Crippen LogP contribution in [0.25, 0.3) is 0 Å². The van der Waals surface area contributed by atoms with Gasteiger partial charge in [-0.3, -0.25) is 0 Å². The van der Waals surface area contributed by atoms with Gasteiger partial charge < -0.3 is 5.73 Å². The van der Waals surface area contributed by atoms with Crippen molar-refractivity contribution < 1.29 is 0 Å². The largest absolute Gasteiger partial charge is 0.330 e. The molecule has 2 rings (SSSR count). The fourth-order valence-corrected chi connectivity index (χ4v) is 2.11. The first kappa shape index (κ1) is 13.4. The molecule has 0 spiro atoms. The Bertz CT molecular complexity index is 505. The lowest BCUT2D eigenvalue weighted by atomic mass is 10.2. The number of aryl methyl sites for hydroxylation is 1. The maximum Gasteiger partial charge on any atom is 0.130 e. The van der Waals surface area contributed by atoms with Gasteiger partial charge in [-0.15, -0.1) is 0 Å². The fraction of sp³-hybridized carbons (Fsp3) is 0.308. The van der Waals surface area contributed by atoms with Crippen molar-refractivity contribution in [2.45, 2.75) is 19.4 Å². The molecule has 2 aromatic rings. The lowest BCUT2D eigenvalue weighted by Crippen LogP contribution is -2.03. The van der Waals surface area contributed by atoms with E-state index in [0.29, 0.717) is 18.2 Å². The van der Waals surface area contributed by atoms with E-state index in [0.717, 1.165) is 29.0 Å². The van der Waals surface area contributed by atoms with Crippen LogP contribution in [0.1, 0.15) is 17.5 Å². The molecule has 0 saturated heterocycles. The highest BCUT2D eigenvalue weighted by Crippen LogP contribution is 2.19. The summed E-state index contributed by atoms with van der Waals surface area (Å²) in [5.74, 6) is 0. The number of benzene rings is 1. The maximum absolute atomic E-state index is 6.27. The van der Waals surface area contributed by atoms with Gasteiger partial charge in [-0.25, -0.2) is 4.68 Å². The minimum absolute atomic E-state index is 0.651. The van der Waals surface area contributed by atoms with Gasteiger partial charge in [-0.1, -0.05) is 35.3 Å². The van der Waals surface area contributed by atoms with E-state index in [2.05, 4.69) is 5.10 Å². The Morgan fingerprint density at radius 3 is 2.56 bits per heavy atom. The van der Waals surface area contributed by atoms with Crippen molar-refractivity contribution in [3.8, 4) is 0 Å². The molecule has 96 valence electrons. The van der Waals surface area contributed by atoms with Crippen LogP contribution >= 0.6 is 23.2 Å². The first-order chi connectivity index (χ1) is 8.70. The highest BCUT2D eigenvalue weighted by atomic mass is 35.5. The zero-order valence-electron chi connectivity index (χ0n) is 9.94. The Morgan fingerprint density at radius 2 is 1.89 bits per heavy atom. The Hall–Kier alpha value is -1.03. The topological polar surface area (TPSA) is 43.8 Å². The molecule has 0 aliphatic carbocycles. The summed E-state index contributed by atoms with van der Waals surface area (Å²) in [6, 6.07) is 7.67. The molecule has 0 aliphatic rings. The zero-order chi connectivity index (χ0) is 13.0. The average molecular weight is 284 g/mol. The lowest BCUT2D eigenvalue weighted by molar-refractivity contribution is 0.686. The molecule has 0 radical (unpaired) electrons. The number of hydrogen-bond donors (Lipinski definition) is 1. The molecule has 0 saturated carbocycles. The van der Waals surface area contributed by atoms with Gasteiger partial charge in [0.2, 0.25) is 0 Å². The third-order valence-corrected chi connectivity index (χ3v) is 3.43. The quantitative estimate of drug-likeness (QED) is 0.916. The maximum atomic E-state index is 6.27. The highest BCUT2D eigenvalue weighted by molar-refractivity contribution is 6.30. The summed E-state index contributed by atoms with van der Waals surface area (Å²) in [4.78, 5) is 0. The summed E-state index contributed by atoms with van der Waals surface area (Å²) in [6.07, 6.45) is 3.61. The van der Waals surface area contributed by atoms with Gasteiger partial charge >= 0.3 is 0 Å². The van der Waals surface area contributed by atoms with Crippen molar-refractivity contribution in [3.63, 3.8) is 0 Å². The molecule has 1 heterocycles. The SMILES string of the molecule is NCCCc1cnn(Cc2ccc(Cl)cc2)c1Cl. The Labute approximate surface area is 117 Å². The van der Waals surface area contributed by atoms with Crippen molar-refractivity contribution in [2.75, 3.05) is 6.54 Å². The zero-order valence-corrected chi connectivity index (χ0v) is 11.5. The Balaban J connectivity index is 2.09. The Kier molecular flexibility index (Phi) is 4.64. The number of halogens is 2. The summed E-state index contributed by atoms with van der Waals surface area (Å²) < 4.78 is 1.79. The molecule has 1 aromatic heterocycles. The van der Waals surface area contributed by atoms with Crippen LogP contribution < -0.4 is 5.73 Å². The second-order valence-corrected chi connectivity index (χ2v) is 4.93. The lowest BCUT2D eigenvalue weighted by Gasteiger charge is -2.04. The molecule has 0 aliphatic heterocycles. The molecule has 0 fully saturated rings. The number of nitrogens with two attached hydrogens (primary N) is 1. The molecule has 1 aromatic carbocycles. The second-order valence-electron chi connectivity index (χ2n) is 4.14. The van der Waals surface area contributed by atoms with E-state index in [9.17, 15) is 0 Å². The van der Waals surface area contributed by atoms with Crippen molar-refractivity contribution in [1.82, 2.24) is 9.78 Å². The summed E-state index contributed by atoms with van der Waals surface area (Å²) in [6.45, 7) is 1.32. The number of aromatic nitrogens is 2. The molecular formula is C13H15Cl2N3. The van der Waals surface area contributed by atoms with Gasteiger partial charge in [-0.05, 0) is 37.1 Å². The molecule has 18 heavy (non-hydrogen) atoms. The average Bonchev–Trinajstić information content (AvgIpc) is 2.71. The predicted octanol–water partition coefficient (Wildman–Crippen LogP) is 3.13. The van der Waals surface area contributed by atoms with Crippen LogP contribution in [0.2, 0.25) is 10.2 Å². The normalized spacial score (nSPS) is 10.8.